The number of benzene rings is 1. The number of nitrogens with one attached hydrogen (secondary N) is 1. The van der Waals surface area contributed by atoms with Gasteiger partial charge in [0.2, 0.25) is 0 Å². The summed E-state index contributed by atoms with van der Waals surface area (Å²) in [4.78, 5) is 12.0. The van der Waals surface area contributed by atoms with Crippen LogP contribution < -0.4 is 5.32 Å². The molecular weight excluding hydrogens is 340 g/mol. The third-order valence-electron chi connectivity index (χ3n) is 3.14. The van der Waals surface area contributed by atoms with E-state index in [1.165, 1.54) is 0 Å². The lowest BCUT2D eigenvalue weighted by Gasteiger charge is -2.08. The van der Waals surface area contributed by atoms with Crippen LogP contribution in [-0.2, 0) is 17.5 Å². The van der Waals surface area contributed by atoms with E-state index in [0.717, 1.165) is 12.1 Å². The number of nitrogens with zero attached hydrogens (tertiary/aromatic N) is 1. The summed E-state index contributed by atoms with van der Waals surface area (Å²) in [6.07, 6.45) is -3.85. The van der Waals surface area contributed by atoms with Gasteiger partial charge in [-0.3, -0.25) is 4.79 Å². The summed E-state index contributed by atoms with van der Waals surface area (Å²) in [5, 5.41) is 11.4. The maximum absolute atomic E-state index is 13.4. The van der Waals surface area contributed by atoms with Gasteiger partial charge in [0.05, 0.1) is 12.1 Å². The number of halogens is 4. The van der Waals surface area contributed by atoms with Crippen LogP contribution in [0.4, 0.5) is 17.6 Å². The molecule has 2 rings (SSSR count). The Morgan fingerprint density at radius 2 is 2.04 bits per heavy atom. The Hall–Kier alpha value is -3.08. The summed E-state index contributed by atoms with van der Waals surface area (Å²) in [6, 6.07) is 6.70. The van der Waals surface area contributed by atoms with Gasteiger partial charge < -0.3 is 9.73 Å². The minimum atomic E-state index is -4.74. The molecule has 0 saturated carbocycles. The van der Waals surface area contributed by atoms with Crippen molar-refractivity contribution in [1.82, 2.24) is 5.32 Å². The van der Waals surface area contributed by atoms with E-state index in [0.29, 0.717) is 23.7 Å². The lowest BCUT2D eigenvalue weighted by Crippen LogP contribution is -2.23. The molecule has 0 aliphatic rings. The van der Waals surface area contributed by atoms with Gasteiger partial charge in [-0.2, -0.15) is 18.4 Å². The molecule has 0 saturated heterocycles. The predicted molar refractivity (Wildman–Crippen MR) is 80.3 cm³/mol. The molecule has 1 heterocycles. The summed E-state index contributed by atoms with van der Waals surface area (Å²) in [5.41, 5.74) is -1.91. The zero-order valence-electron chi connectivity index (χ0n) is 12.9. The fourth-order valence-electron chi connectivity index (χ4n) is 2.02. The Bertz CT molecular complexity index is 860. The zero-order chi connectivity index (χ0) is 18.6. The first-order valence-corrected chi connectivity index (χ1v) is 7.02. The van der Waals surface area contributed by atoms with Crippen LogP contribution in [-0.4, -0.2) is 5.91 Å². The van der Waals surface area contributed by atoms with Crippen LogP contribution in [0.3, 0.4) is 0 Å². The number of carbonyl (C=O) groups excluding carboxylic acids is 1. The molecule has 0 spiro atoms. The first-order valence-electron chi connectivity index (χ1n) is 7.02. The van der Waals surface area contributed by atoms with E-state index in [4.69, 9.17) is 9.68 Å². The SMILES string of the molecule is Cc1ccc(CNC(=O)/C(C#N)=C/c2cc(F)cc(C(F)(F)F)c2)o1. The molecule has 0 bridgehead atoms. The lowest BCUT2D eigenvalue weighted by atomic mass is 10.1. The topological polar surface area (TPSA) is 66.0 Å². The largest absolute Gasteiger partial charge is 0.465 e. The molecule has 1 amide bonds. The van der Waals surface area contributed by atoms with Gasteiger partial charge in [-0.1, -0.05) is 0 Å². The van der Waals surface area contributed by atoms with Gasteiger partial charge >= 0.3 is 6.18 Å². The van der Waals surface area contributed by atoms with E-state index in [9.17, 15) is 22.4 Å². The second-order valence-electron chi connectivity index (χ2n) is 5.14. The van der Waals surface area contributed by atoms with Crippen molar-refractivity contribution in [2.75, 3.05) is 0 Å². The number of alkyl halides is 3. The Morgan fingerprint density at radius 1 is 1.32 bits per heavy atom. The second kappa shape index (κ2) is 7.21. The van der Waals surface area contributed by atoms with Crippen molar-refractivity contribution in [3.05, 3.63) is 64.4 Å². The Labute approximate surface area is 140 Å². The fourth-order valence-corrected chi connectivity index (χ4v) is 2.02. The number of aryl methyl sites for hydroxylation is 1. The van der Waals surface area contributed by atoms with Gasteiger partial charge in [-0.05, 0) is 48.9 Å². The van der Waals surface area contributed by atoms with E-state index in [2.05, 4.69) is 5.32 Å². The molecule has 130 valence electrons. The van der Waals surface area contributed by atoms with Gasteiger partial charge in [0.1, 0.15) is 29.0 Å². The molecule has 1 aromatic carbocycles. The smallest absolute Gasteiger partial charge is 0.416 e. The van der Waals surface area contributed by atoms with Crippen LogP contribution in [0.2, 0.25) is 0 Å². The van der Waals surface area contributed by atoms with Crippen molar-refractivity contribution in [3.63, 3.8) is 0 Å². The quantitative estimate of drug-likeness (QED) is 0.514. The molecule has 25 heavy (non-hydrogen) atoms. The van der Waals surface area contributed by atoms with Gasteiger partial charge in [0.15, 0.2) is 0 Å². The maximum Gasteiger partial charge on any atom is 0.416 e. The Balaban J connectivity index is 2.20. The van der Waals surface area contributed by atoms with Crippen molar-refractivity contribution in [2.45, 2.75) is 19.6 Å². The summed E-state index contributed by atoms with van der Waals surface area (Å²) < 4.78 is 56.7. The summed E-state index contributed by atoms with van der Waals surface area (Å²) in [5.74, 6) is -0.841. The van der Waals surface area contributed by atoms with E-state index in [1.807, 2.05) is 0 Å². The third kappa shape index (κ3) is 4.94. The monoisotopic (exact) mass is 352 g/mol. The van der Waals surface area contributed by atoms with Crippen molar-refractivity contribution in [1.29, 1.82) is 5.26 Å². The van der Waals surface area contributed by atoms with E-state index in [1.54, 1.807) is 25.1 Å². The summed E-state index contributed by atoms with van der Waals surface area (Å²) in [7, 11) is 0. The molecule has 0 aliphatic carbocycles. The van der Waals surface area contributed by atoms with E-state index >= 15 is 0 Å². The number of amides is 1. The molecular formula is C17H12F4N2O2. The normalized spacial score (nSPS) is 11.9. The Kier molecular flexibility index (Phi) is 5.27. The van der Waals surface area contributed by atoms with Crippen LogP contribution in [0.15, 0.2) is 40.3 Å². The molecule has 2 aromatic rings. The molecule has 0 unspecified atom stereocenters. The number of hydrogen-bond donors (Lipinski definition) is 1. The van der Waals surface area contributed by atoms with Gasteiger partial charge in [0, 0.05) is 0 Å². The number of rotatable bonds is 4. The van der Waals surface area contributed by atoms with Crippen LogP contribution in [0.5, 0.6) is 0 Å². The molecule has 0 fully saturated rings. The van der Waals surface area contributed by atoms with Crippen molar-refractivity contribution >= 4 is 12.0 Å². The highest BCUT2D eigenvalue weighted by molar-refractivity contribution is 6.01. The molecule has 1 aromatic heterocycles. The molecule has 0 aliphatic heterocycles. The van der Waals surface area contributed by atoms with Crippen LogP contribution in [0.25, 0.3) is 6.08 Å². The third-order valence-corrected chi connectivity index (χ3v) is 3.14. The van der Waals surface area contributed by atoms with E-state index in [-0.39, 0.29) is 12.1 Å². The zero-order valence-corrected chi connectivity index (χ0v) is 12.9. The van der Waals surface area contributed by atoms with Crippen LogP contribution >= 0.6 is 0 Å². The summed E-state index contributed by atoms with van der Waals surface area (Å²) in [6.45, 7) is 1.72. The van der Waals surface area contributed by atoms with Gasteiger partial charge in [-0.15, -0.1) is 0 Å². The molecule has 0 radical (unpaired) electrons. The highest BCUT2D eigenvalue weighted by Crippen LogP contribution is 2.30. The minimum absolute atomic E-state index is 0.00262. The maximum atomic E-state index is 13.4. The number of carbonyl (C=O) groups is 1. The molecule has 4 nitrogen and oxygen atoms in total. The minimum Gasteiger partial charge on any atom is -0.465 e. The predicted octanol–water partition coefficient (Wildman–Crippen LogP) is 3.97. The standard InChI is InChI=1S/C17H12F4N2O2/c1-10-2-3-15(25-10)9-23-16(24)12(8-22)4-11-5-13(17(19,20)21)7-14(18)6-11/h2-7H,9H2,1H3,(H,23,24)/b12-4+. The highest BCUT2D eigenvalue weighted by atomic mass is 19.4. The van der Waals surface area contributed by atoms with Crippen molar-refractivity contribution < 1.29 is 26.8 Å². The number of hydrogen-bond acceptors (Lipinski definition) is 3. The number of nitriles is 1. The fraction of sp³-hybridized carbons (Fsp3) is 0.176. The molecule has 8 heteroatoms. The highest BCUT2D eigenvalue weighted by Gasteiger charge is 2.31. The van der Waals surface area contributed by atoms with E-state index < -0.39 is 29.0 Å². The first kappa shape index (κ1) is 18.3. The van der Waals surface area contributed by atoms with Crippen molar-refractivity contribution in [3.8, 4) is 6.07 Å². The number of furan rings is 1. The average Bonchev–Trinajstić information content (AvgIpc) is 2.94. The second-order valence-corrected chi connectivity index (χ2v) is 5.14. The van der Waals surface area contributed by atoms with Gasteiger partial charge in [0.25, 0.3) is 5.91 Å². The average molecular weight is 352 g/mol. The van der Waals surface area contributed by atoms with Crippen molar-refractivity contribution in [2.24, 2.45) is 0 Å². The first-order chi connectivity index (χ1) is 11.7. The van der Waals surface area contributed by atoms with Crippen LogP contribution in [0.1, 0.15) is 22.6 Å². The van der Waals surface area contributed by atoms with Crippen LogP contribution in [0, 0.1) is 24.1 Å². The Morgan fingerprint density at radius 3 is 2.60 bits per heavy atom. The molecule has 1 N–H and O–H groups in total. The molecule has 0 atom stereocenters. The lowest BCUT2D eigenvalue weighted by molar-refractivity contribution is -0.137. The summed E-state index contributed by atoms with van der Waals surface area (Å²) >= 11 is 0. The van der Waals surface area contributed by atoms with Gasteiger partial charge in [-0.25, -0.2) is 4.39 Å².